The molecule has 3 rings (SSSR count). The molecule has 1 amide bonds. The number of aryl methyl sites for hydroxylation is 1. The van der Waals surface area contributed by atoms with Gasteiger partial charge in [-0.1, -0.05) is 5.16 Å². The Kier molecular flexibility index (Phi) is 3.91. The summed E-state index contributed by atoms with van der Waals surface area (Å²) in [5.41, 5.74) is 0.917. The van der Waals surface area contributed by atoms with E-state index in [1.165, 1.54) is 12.3 Å². The molecule has 2 aromatic rings. The van der Waals surface area contributed by atoms with Crippen molar-refractivity contribution in [3.8, 4) is 0 Å². The van der Waals surface area contributed by atoms with Gasteiger partial charge in [-0.05, 0) is 25.8 Å². The van der Waals surface area contributed by atoms with Crippen molar-refractivity contribution < 1.29 is 18.1 Å². The van der Waals surface area contributed by atoms with Crippen LogP contribution in [0.1, 0.15) is 40.8 Å². The van der Waals surface area contributed by atoms with Crippen LogP contribution >= 0.6 is 0 Å². The molecule has 1 saturated heterocycles. The molecular formula is C14H16F2N4O2. The highest BCUT2D eigenvalue weighted by molar-refractivity contribution is 5.93. The van der Waals surface area contributed by atoms with E-state index in [-0.39, 0.29) is 17.6 Å². The Morgan fingerprint density at radius 3 is 3.05 bits per heavy atom. The third-order valence-corrected chi connectivity index (χ3v) is 3.73. The number of carbonyl (C=O) groups is 1. The van der Waals surface area contributed by atoms with Crippen LogP contribution < -0.4 is 0 Å². The highest BCUT2D eigenvalue weighted by atomic mass is 19.3. The van der Waals surface area contributed by atoms with E-state index in [1.54, 1.807) is 11.0 Å². The van der Waals surface area contributed by atoms with E-state index in [9.17, 15) is 13.6 Å². The summed E-state index contributed by atoms with van der Waals surface area (Å²) in [6.45, 7) is 1.78. The van der Waals surface area contributed by atoms with Crippen molar-refractivity contribution in [2.75, 3.05) is 6.54 Å². The minimum Gasteiger partial charge on any atom is -0.359 e. The minimum atomic E-state index is -2.56. The summed E-state index contributed by atoms with van der Waals surface area (Å²) in [4.78, 5) is 14.3. The van der Waals surface area contributed by atoms with Crippen LogP contribution in [0.25, 0.3) is 0 Å². The maximum atomic E-state index is 12.7. The number of hydrogen-bond donors (Lipinski definition) is 0. The summed E-state index contributed by atoms with van der Waals surface area (Å²) in [7, 11) is 0. The Morgan fingerprint density at radius 2 is 2.36 bits per heavy atom. The Bertz CT molecular complexity index is 667. The van der Waals surface area contributed by atoms with Crippen LogP contribution in [0.4, 0.5) is 8.78 Å². The van der Waals surface area contributed by atoms with Gasteiger partial charge in [-0.15, -0.1) is 0 Å². The summed E-state index contributed by atoms with van der Waals surface area (Å²) in [6, 6.07) is 3.06. The number of rotatable bonds is 4. The van der Waals surface area contributed by atoms with E-state index in [0.29, 0.717) is 12.3 Å². The number of halogens is 2. The van der Waals surface area contributed by atoms with Gasteiger partial charge in [0.05, 0.1) is 11.7 Å². The second kappa shape index (κ2) is 5.86. The van der Waals surface area contributed by atoms with Gasteiger partial charge in [-0.2, -0.15) is 5.10 Å². The molecule has 0 spiro atoms. The SMILES string of the molecule is Cc1cc(C2CCCN2C(=O)c2ccnn2CC(F)F)on1. The van der Waals surface area contributed by atoms with Gasteiger partial charge in [0.25, 0.3) is 12.3 Å². The van der Waals surface area contributed by atoms with E-state index in [1.807, 2.05) is 6.92 Å². The highest BCUT2D eigenvalue weighted by Gasteiger charge is 2.34. The molecule has 0 radical (unpaired) electrons. The highest BCUT2D eigenvalue weighted by Crippen LogP contribution is 2.33. The average molecular weight is 310 g/mol. The molecule has 0 N–H and O–H groups in total. The number of carbonyl (C=O) groups excluding carboxylic acids is 1. The molecule has 0 saturated carbocycles. The second-order valence-corrected chi connectivity index (χ2v) is 5.32. The molecular weight excluding hydrogens is 294 g/mol. The topological polar surface area (TPSA) is 64.2 Å². The standard InChI is InChI=1S/C14H16F2N4O2/c1-9-7-12(22-18-9)10-3-2-6-19(10)14(21)11-4-5-17-20(11)8-13(15)16/h4-5,7,10,13H,2-3,6,8H2,1H3. The molecule has 0 aliphatic carbocycles. The molecule has 0 aromatic carbocycles. The van der Waals surface area contributed by atoms with Crippen LogP contribution in [0.15, 0.2) is 22.9 Å². The molecule has 1 atom stereocenters. The lowest BCUT2D eigenvalue weighted by Gasteiger charge is -2.22. The first-order valence-corrected chi connectivity index (χ1v) is 7.10. The number of amides is 1. The largest absolute Gasteiger partial charge is 0.359 e. The van der Waals surface area contributed by atoms with Crippen molar-refractivity contribution in [2.24, 2.45) is 0 Å². The van der Waals surface area contributed by atoms with E-state index in [0.717, 1.165) is 23.2 Å². The van der Waals surface area contributed by atoms with Gasteiger partial charge in [-0.3, -0.25) is 9.48 Å². The zero-order valence-corrected chi connectivity index (χ0v) is 12.1. The summed E-state index contributed by atoms with van der Waals surface area (Å²) < 4.78 is 31.4. The van der Waals surface area contributed by atoms with Crippen LogP contribution in [-0.2, 0) is 6.54 Å². The van der Waals surface area contributed by atoms with Crippen LogP contribution in [0.3, 0.4) is 0 Å². The lowest BCUT2D eigenvalue weighted by Crippen LogP contribution is -2.32. The van der Waals surface area contributed by atoms with E-state index >= 15 is 0 Å². The van der Waals surface area contributed by atoms with Gasteiger partial charge in [0.1, 0.15) is 12.2 Å². The Labute approximate surface area is 125 Å². The minimum absolute atomic E-state index is 0.170. The zero-order valence-electron chi connectivity index (χ0n) is 12.1. The van der Waals surface area contributed by atoms with Crippen LogP contribution in [-0.4, -0.2) is 38.7 Å². The Hall–Kier alpha value is -2.25. The summed E-state index contributed by atoms with van der Waals surface area (Å²) in [6.07, 6.45) is 0.402. The number of alkyl halides is 2. The van der Waals surface area contributed by atoms with Crippen molar-refractivity contribution in [3.05, 3.63) is 35.5 Å². The fourth-order valence-electron chi connectivity index (χ4n) is 2.78. The van der Waals surface area contributed by atoms with Gasteiger partial charge < -0.3 is 9.42 Å². The summed E-state index contributed by atoms with van der Waals surface area (Å²) in [5.74, 6) is 0.318. The van der Waals surface area contributed by atoms with Crippen molar-refractivity contribution >= 4 is 5.91 Å². The fourth-order valence-corrected chi connectivity index (χ4v) is 2.78. The molecule has 1 fully saturated rings. The lowest BCUT2D eigenvalue weighted by molar-refractivity contribution is 0.0689. The molecule has 1 aliphatic rings. The van der Waals surface area contributed by atoms with Gasteiger partial charge in [0.2, 0.25) is 0 Å². The number of likely N-dealkylation sites (tertiary alicyclic amines) is 1. The van der Waals surface area contributed by atoms with Crippen molar-refractivity contribution in [3.63, 3.8) is 0 Å². The Balaban J connectivity index is 1.83. The monoisotopic (exact) mass is 310 g/mol. The van der Waals surface area contributed by atoms with E-state index < -0.39 is 13.0 Å². The van der Waals surface area contributed by atoms with Gasteiger partial charge >= 0.3 is 0 Å². The van der Waals surface area contributed by atoms with Crippen molar-refractivity contribution in [1.82, 2.24) is 19.8 Å². The molecule has 0 bridgehead atoms. The molecule has 2 aromatic heterocycles. The Morgan fingerprint density at radius 1 is 1.55 bits per heavy atom. The normalized spacial score (nSPS) is 18.4. The lowest BCUT2D eigenvalue weighted by atomic mass is 10.1. The maximum absolute atomic E-state index is 12.7. The van der Waals surface area contributed by atoms with Gasteiger partial charge in [0.15, 0.2) is 5.76 Å². The smallest absolute Gasteiger partial charge is 0.272 e. The maximum Gasteiger partial charge on any atom is 0.272 e. The molecule has 118 valence electrons. The quantitative estimate of drug-likeness (QED) is 0.870. The van der Waals surface area contributed by atoms with E-state index in [2.05, 4.69) is 10.3 Å². The first-order valence-electron chi connectivity index (χ1n) is 7.10. The average Bonchev–Trinajstić information content (AvgIpc) is 3.16. The first kappa shape index (κ1) is 14.7. The third-order valence-electron chi connectivity index (χ3n) is 3.73. The second-order valence-electron chi connectivity index (χ2n) is 5.32. The molecule has 8 heteroatoms. The third kappa shape index (κ3) is 2.72. The van der Waals surface area contributed by atoms with Crippen LogP contribution in [0, 0.1) is 6.92 Å². The van der Waals surface area contributed by atoms with Crippen LogP contribution in [0.2, 0.25) is 0 Å². The predicted octanol–water partition coefficient (Wildman–Crippen LogP) is 2.42. The van der Waals surface area contributed by atoms with Crippen molar-refractivity contribution in [1.29, 1.82) is 0 Å². The van der Waals surface area contributed by atoms with Crippen LogP contribution in [0.5, 0.6) is 0 Å². The molecule has 1 unspecified atom stereocenters. The number of nitrogens with zero attached hydrogens (tertiary/aromatic N) is 4. The predicted molar refractivity (Wildman–Crippen MR) is 72.5 cm³/mol. The van der Waals surface area contributed by atoms with Gasteiger partial charge in [-0.25, -0.2) is 8.78 Å². The summed E-state index contributed by atoms with van der Waals surface area (Å²) in [5, 5.41) is 7.65. The number of hydrogen-bond acceptors (Lipinski definition) is 4. The fraction of sp³-hybridized carbons (Fsp3) is 0.500. The molecule has 22 heavy (non-hydrogen) atoms. The van der Waals surface area contributed by atoms with Crippen molar-refractivity contribution in [2.45, 2.75) is 38.8 Å². The van der Waals surface area contributed by atoms with E-state index in [4.69, 9.17) is 4.52 Å². The number of aromatic nitrogens is 3. The van der Waals surface area contributed by atoms with Gasteiger partial charge in [0, 0.05) is 18.8 Å². The molecule has 3 heterocycles. The molecule has 1 aliphatic heterocycles. The first-order chi connectivity index (χ1) is 10.6. The summed E-state index contributed by atoms with van der Waals surface area (Å²) >= 11 is 0. The zero-order chi connectivity index (χ0) is 15.7. The molecule has 6 nitrogen and oxygen atoms in total.